The fourth-order valence-electron chi connectivity index (χ4n) is 2.15. The Balaban J connectivity index is 1.93. The van der Waals surface area contributed by atoms with E-state index in [0.717, 1.165) is 23.5 Å². The molecule has 0 saturated carbocycles. The van der Waals surface area contributed by atoms with Crippen LogP contribution in [0.15, 0.2) is 29.0 Å². The van der Waals surface area contributed by atoms with Crippen LogP contribution in [0.3, 0.4) is 0 Å². The summed E-state index contributed by atoms with van der Waals surface area (Å²) in [5.74, 6) is 1.61. The molecule has 0 aliphatic carbocycles. The predicted octanol–water partition coefficient (Wildman–Crippen LogP) is 4.55. The second-order valence-electron chi connectivity index (χ2n) is 4.63. The van der Waals surface area contributed by atoms with Crippen molar-refractivity contribution in [2.24, 2.45) is 0 Å². The van der Waals surface area contributed by atoms with E-state index in [1.165, 1.54) is 11.1 Å². The highest BCUT2D eigenvalue weighted by Crippen LogP contribution is 2.38. The highest BCUT2D eigenvalue weighted by Gasteiger charge is 2.17. The van der Waals surface area contributed by atoms with Crippen LogP contribution >= 0.6 is 22.9 Å². The first-order chi connectivity index (χ1) is 9.25. The van der Waals surface area contributed by atoms with E-state index in [1.807, 2.05) is 18.2 Å². The van der Waals surface area contributed by atoms with Gasteiger partial charge < -0.3 is 9.47 Å². The maximum absolute atomic E-state index is 6.57. The Morgan fingerprint density at radius 1 is 1.16 bits per heavy atom. The summed E-state index contributed by atoms with van der Waals surface area (Å²) < 4.78 is 11.3. The van der Waals surface area contributed by atoms with Crippen LogP contribution < -0.4 is 9.47 Å². The number of hydrogen-bond acceptors (Lipinski definition) is 3. The highest BCUT2D eigenvalue weighted by atomic mass is 35.5. The SMILES string of the molecule is Cc1cscc1C(Cl)c1ccc2c(c1)OCCCO2. The van der Waals surface area contributed by atoms with Crippen molar-refractivity contribution in [1.82, 2.24) is 0 Å². The van der Waals surface area contributed by atoms with E-state index >= 15 is 0 Å². The lowest BCUT2D eigenvalue weighted by Crippen LogP contribution is -1.97. The van der Waals surface area contributed by atoms with Crippen LogP contribution in [0, 0.1) is 6.92 Å². The lowest BCUT2D eigenvalue weighted by molar-refractivity contribution is 0.297. The van der Waals surface area contributed by atoms with Crippen LogP contribution in [0.1, 0.15) is 28.5 Å². The van der Waals surface area contributed by atoms with Crippen LogP contribution in [-0.2, 0) is 0 Å². The molecule has 1 aromatic heterocycles. The van der Waals surface area contributed by atoms with Gasteiger partial charge in [0.1, 0.15) is 0 Å². The third-order valence-corrected chi connectivity index (χ3v) is 4.60. The smallest absolute Gasteiger partial charge is 0.161 e. The number of hydrogen-bond donors (Lipinski definition) is 0. The van der Waals surface area contributed by atoms with Gasteiger partial charge in [-0.1, -0.05) is 6.07 Å². The van der Waals surface area contributed by atoms with Gasteiger partial charge >= 0.3 is 0 Å². The summed E-state index contributed by atoms with van der Waals surface area (Å²) >= 11 is 8.25. The molecule has 0 radical (unpaired) electrons. The Bertz CT molecular complexity index is 579. The van der Waals surface area contributed by atoms with E-state index in [2.05, 4.69) is 17.7 Å². The van der Waals surface area contributed by atoms with E-state index in [4.69, 9.17) is 21.1 Å². The largest absolute Gasteiger partial charge is 0.490 e. The van der Waals surface area contributed by atoms with Gasteiger partial charge in [-0.05, 0) is 46.5 Å². The Morgan fingerprint density at radius 2 is 1.95 bits per heavy atom. The van der Waals surface area contributed by atoms with Crippen LogP contribution in [0.25, 0.3) is 0 Å². The van der Waals surface area contributed by atoms with E-state index in [1.54, 1.807) is 11.3 Å². The first-order valence-electron chi connectivity index (χ1n) is 6.32. The molecule has 0 fully saturated rings. The summed E-state index contributed by atoms with van der Waals surface area (Å²) in [7, 11) is 0. The molecule has 0 saturated heterocycles. The topological polar surface area (TPSA) is 18.5 Å². The third kappa shape index (κ3) is 2.58. The van der Waals surface area contributed by atoms with Gasteiger partial charge in [-0.3, -0.25) is 0 Å². The maximum Gasteiger partial charge on any atom is 0.161 e. The number of halogens is 1. The fraction of sp³-hybridized carbons (Fsp3) is 0.333. The molecule has 0 bridgehead atoms. The molecular formula is C15H15ClO2S. The van der Waals surface area contributed by atoms with Crippen LogP contribution in [0.4, 0.5) is 0 Å². The maximum atomic E-state index is 6.57. The minimum absolute atomic E-state index is 0.136. The molecule has 1 atom stereocenters. The van der Waals surface area contributed by atoms with Crippen molar-refractivity contribution in [2.45, 2.75) is 18.7 Å². The molecule has 1 aliphatic rings. The zero-order chi connectivity index (χ0) is 13.2. The molecule has 1 aromatic carbocycles. The summed E-state index contributed by atoms with van der Waals surface area (Å²) in [6.45, 7) is 3.49. The van der Waals surface area contributed by atoms with Gasteiger partial charge in [-0.15, -0.1) is 11.6 Å². The van der Waals surface area contributed by atoms with Crippen LogP contribution in [0.5, 0.6) is 11.5 Å². The number of alkyl halides is 1. The average Bonchev–Trinajstić information content (AvgIpc) is 2.72. The van der Waals surface area contributed by atoms with Crippen LogP contribution in [0.2, 0.25) is 0 Å². The first-order valence-corrected chi connectivity index (χ1v) is 7.70. The monoisotopic (exact) mass is 294 g/mol. The molecule has 3 rings (SSSR count). The van der Waals surface area contributed by atoms with Crippen molar-refractivity contribution < 1.29 is 9.47 Å². The van der Waals surface area contributed by atoms with Gasteiger partial charge in [0.25, 0.3) is 0 Å². The second kappa shape index (κ2) is 5.43. The van der Waals surface area contributed by atoms with Gasteiger partial charge in [-0.2, -0.15) is 11.3 Å². The molecule has 1 unspecified atom stereocenters. The third-order valence-electron chi connectivity index (χ3n) is 3.23. The van der Waals surface area contributed by atoms with Gasteiger partial charge in [0.15, 0.2) is 11.5 Å². The minimum Gasteiger partial charge on any atom is -0.490 e. The number of fused-ring (bicyclic) bond motifs is 1. The van der Waals surface area contributed by atoms with Gasteiger partial charge in [0, 0.05) is 6.42 Å². The molecule has 2 heterocycles. The van der Waals surface area contributed by atoms with Crippen molar-refractivity contribution >= 4 is 22.9 Å². The standard InChI is InChI=1S/C15H15ClO2S/c1-10-8-19-9-12(10)15(16)11-3-4-13-14(7-11)18-6-2-5-17-13/h3-4,7-9,15H,2,5-6H2,1H3. The van der Waals surface area contributed by atoms with Crippen molar-refractivity contribution in [3.05, 3.63) is 45.6 Å². The highest BCUT2D eigenvalue weighted by molar-refractivity contribution is 7.08. The van der Waals surface area contributed by atoms with E-state index in [0.29, 0.717) is 13.2 Å². The zero-order valence-electron chi connectivity index (χ0n) is 10.7. The number of benzene rings is 1. The molecule has 1 aliphatic heterocycles. The summed E-state index contributed by atoms with van der Waals surface area (Å²) in [6.07, 6.45) is 0.915. The molecule has 19 heavy (non-hydrogen) atoms. The molecule has 2 aromatic rings. The predicted molar refractivity (Wildman–Crippen MR) is 78.8 cm³/mol. The number of thiophene rings is 1. The van der Waals surface area contributed by atoms with Gasteiger partial charge in [0.05, 0.1) is 18.6 Å². The fourth-order valence-corrected chi connectivity index (χ4v) is 3.47. The minimum atomic E-state index is -0.136. The van der Waals surface area contributed by atoms with Crippen molar-refractivity contribution in [1.29, 1.82) is 0 Å². The second-order valence-corrected chi connectivity index (χ2v) is 5.81. The molecule has 100 valence electrons. The molecule has 0 amide bonds. The molecule has 0 N–H and O–H groups in total. The number of aryl methyl sites for hydroxylation is 1. The summed E-state index contributed by atoms with van der Waals surface area (Å²) in [5, 5.41) is 4.09. The van der Waals surface area contributed by atoms with Gasteiger partial charge in [-0.25, -0.2) is 0 Å². The van der Waals surface area contributed by atoms with E-state index < -0.39 is 0 Å². The molecular weight excluding hydrogens is 280 g/mol. The van der Waals surface area contributed by atoms with E-state index in [9.17, 15) is 0 Å². The summed E-state index contributed by atoms with van der Waals surface area (Å²) in [6, 6.07) is 5.96. The quantitative estimate of drug-likeness (QED) is 0.757. The van der Waals surface area contributed by atoms with Gasteiger partial charge in [0.2, 0.25) is 0 Å². The van der Waals surface area contributed by atoms with Crippen molar-refractivity contribution in [3.8, 4) is 11.5 Å². The summed E-state index contributed by atoms with van der Waals surface area (Å²) in [5.41, 5.74) is 3.45. The number of rotatable bonds is 2. The lowest BCUT2D eigenvalue weighted by Gasteiger charge is -2.13. The Morgan fingerprint density at radius 3 is 2.68 bits per heavy atom. The average molecular weight is 295 g/mol. The van der Waals surface area contributed by atoms with Crippen molar-refractivity contribution in [2.75, 3.05) is 13.2 Å². The molecule has 2 nitrogen and oxygen atoms in total. The van der Waals surface area contributed by atoms with Crippen LogP contribution in [-0.4, -0.2) is 13.2 Å². The lowest BCUT2D eigenvalue weighted by atomic mass is 10.0. The molecule has 4 heteroatoms. The summed E-state index contributed by atoms with van der Waals surface area (Å²) in [4.78, 5) is 0. The molecule has 0 spiro atoms. The Kier molecular flexibility index (Phi) is 3.67. The Labute approximate surface area is 121 Å². The Hall–Kier alpha value is -1.19. The normalized spacial score (nSPS) is 15.9. The number of ether oxygens (including phenoxy) is 2. The van der Waals surface area contributed by atoms with Crippen molar-refractivity contribution in [3.63, 3.8) is 0 Å². The van der Waals surface area contributed by atoms with E-state index in [-0.39, 0.29) is 5.38 Å². The first kappa shape index (κ1) is 12.8. The zero-order valence-corrected chi connectivity index (χ0v) is 12.3.